The van der Waals surface area contributed by atoms with Gasteiger partial charge in [0, 0.05) is 5.56 Å². The molecule has 0 bridgehead atoms. The first-order valence-electron chi connectivity index (χ1n) is 4.23. The van der Waals surface area contributed by atoms with Crippen LogP contribution in [0.4, 0.5) is 0 Å². The fourth-order valence-corrected chi connectivity index (χ4v) is 2.67. The van der Waals surface area contributed by atoms with Crippen LogP contribution in [-0.4, -0.2) is 10.2 Å². The van der Waals surface area contributed by atoms with Crippen LogP contribution in [0.1, 0.15) is 11.1 Å². The van der Waals surface area contributed by atoms with Gasteiger partial charge in [0.05, 0.1) is 0 Å². The Hall–Kier alpha value is -0.490. The summed E-state index contributed by atoms with van der Waals surface area (Å²) in [6, 6.07) is 6.40. The van der Waals surface area contributed by atoms with E-state index in [0.29, 0.717) is 0 Å². The third-order valence-corrected chi connectivity index (χ3v) is 3.65. The highest BCUT2D eigenvalue weighted by Crippen LogP contribution is 2.27. The molecule has 0 radical (unpaired) electrons. The molecule has 0 aliphatic heterocycles. The van der Waals surface area contributed by atoms with E-state index < -0.39 is 0 Å². The van der Waals surface area contributed by atoms with Crippen LogP contribution in [0.3, 0.4) is 0 Å². The monoisotopic (exact) mass is 316 g/mol. The molecule has 2 rings (SSSR count). The Balaban J connectivity index is 2.55. The number of halogens is 1. The van der Waals surface area contributed by atoms with E-state index in [2.05, 4.69) is 64.8 Å². The quantitative estimate of drug-likeness (QED) is 0.753. The molecule has 0 atom stereocenters. The van der Waals surface area contributed by atoms with Gasteiger partial charge in [-0.1, -0.05) is 29.0 Å². The third kappa shape index (κ3) is 1.95. The van der Waals surface area contributed by atoms with Crippen molar-refractivity contribution in [1.29, 1.82) is 0 Å². The van der Waals surface area contributed by atoms with Gasteiger partial charge in [0.15, 0.2) is 3.01 Å². The fourth-order valence-electron chi connectivity index (χ4n) is 1.28. The molecule has 4 heteroatoms. The van der Waals surface area contributed by atoms with Gasteiger partial charge in [-0.3, -0.25) is 0 Å². The summed E-state index contributed by atoms with van der Waals surface area (Å²) in [6.07, 6.45) is 0. The standard InChI is InChI=1S/C10H9IN2S/c1-6-3-4-7(2)8(5-6)9-12-13-10(11)14-9/h3-5H,1-2H3. The van der Waals surface area contributed by atoms with E-state index in [9.17, 15) is 0 Å². The lowest BCUT2D eigenvalue weighted by Gasteiger charge is -2.02. The lowest BCUT2D eigenvalue weighted by molar-refractivity contribution is 1.07. The van der Waals surface area contributed by atoms with Crippen molar-refractivity contribution < 1.29 is 0 Å². The molecule has 0 saturated carbocycles. The Labute approximate surface area is 101 Å². The lowest BCUT2D eigenvalue weighted by Crippen LogP contribution is -1.83. The second-order valence-electron chi connectivity index (χ2n) is 3.18. The highest BCUT2D eigenvalue weighted by molar-refractivity contribution is 14.1. The van der Waals surface area contributed by atoms with Crippen LogP contribution in [0.2, 0.25) is 0 Å². The maximum Gasteiger partial charge on any atom is 0.178 e. The number of aryl methyl sites for hydroxylation is 2. The van der Waals surface area contributed by atoms with Gasteiger partial charge in [0.2, 0.25) is 0 Å². The Morgan fingerprint density at radius 2 is 2.00 bits per heavy atom. The molecule has 0 N–H and O–H groups in total. The number of hydrogen-bond acceptors (Lipinski definition) is 3. The Kier molecular flexibility index (Phi) is 2.83. The molecule has 1 aromatic carbocycles. The molecule has 0 fully saturated rings. The van der Waals surface area contributed by atoms with Gasteiger partial charge in [0.1, 0.15) is 5.01 Å². The van der Waals surface area contributed by atoms with E-state index in [4.69, 9.17) is 0 Å². The van der Waals surface area contributed by atoms with Crippen LogP contribution < -0.4 is 0 Å². The molecule has 2 nitrogen and oxygen atoms in total. The Morgan fingerprint density at radius 1 is 1.21 bits per heavy atom. The van der Waals surface area contributed by atoms with Crippen LogP contribution in [0.25, 0.3) is 10.6 Å². The molecule has 1 aromatic heterocycles. The topological polar surface area (TPSA) is 25.8 Å². The smallest absolute Gasteiger partial charge is 0.137 e. The van der Waals surface area contributed by atoms with Crippen LogP contribution in [0.15, 0.2) is 18.2 Å². The van der Waals surface area contributed by atoms with Crippen LogP contribution >= 0.6 is 33.9 Å². The van der Waals surface area contributed by atoms with Gasteiger partial charge in [-0.25, -0.2) is 0 Å². The SMILES string of the molecule is Cc1ccc(C)c(-c2nnc(I)s2)c1. The normalized spacial score (nSPS) is 10.5. The first-order chi connectivity index (χ1) is 6.66. The van der Waals surface area contributed by atoms with E-state index in [1.807, 2.05) is 0 Å². The third-order valence-electron chi connectivity index (χ3n) is 2.02. The predicted molar refractivity (Wildman–Crippen MR) is 67.5 cm³/mol. The molecule has 0 unspecified atom stereocenters. The minimum Gasteiger partial charge on any atom is -0.137 e. The van der Waals surface area contributed by atoms with Crippen LogP contribution in [-0.2, 0) is 0 Å². The molecule has 0 aliphatic carbocycles. The van der Waals surface area contributed by atoms with Crippen molar-refractivity contribution in [1.82, 2.24) is 10.2 Å². The zero-order chi connectivity index (χ0) is 10.1. The van der Waals surface area contributed by atoms with Crippen molar-refractivity contribution >= 4 is 33.9 Å². The van der Waals surface area contributed by atoms with Gasteiger partial charge in [-0.05, 0) is 48.1 Å². The minimum absolute atomic E-state index is 0.985. The molecule has 0 aliphatic rings. The summed E-state index contributed by atoms with van der Waals surface area (Å²) in [7, 11) is 0. The van der Waals surface area contributed by atoms with E-state index in [0.717, 1.165) is 8.02 Å². The van der Waals surface area contributed by atoms with E-state index in [1.165, 1.54) is 16.7 Å². The highest BCUT2D eigenvalue weighted by Gasteiger charge is 2.07. The number of rotatable bonds is 1. The summed E-state index contributed by atoms with van der Waals surface area (Å²) in [6.45, 7) is 4.19. The minimum atomic E-state index is 0.985. The summed E-state index contributed by atoms with van der Waals surface area (Å²) in [5.41, 5.74) is 3.71. The van der Waals surface area contributed by atoms with Gasteiger partial charge in [-0.2, -0.15) is 0 Å². The van der Waals surface area contributed by atoms with Crippen LogP contribution in [0.5, 0.6) is 0 Å². The van der Waals surface area contributed by atoms with E-state index in [-0.39, 0.29) is 0 Å². The first-order valence-corrected chi connectivity index (χ1v) is 6.13. The molecule has 14 heavy (non-hydrogen) atoms. The zero-order valence-electron chi connectivity index (χ0n) is 7.91. The van der Waals surface area contributed by atoms with E-state index >= 15 is 0 Å². The highest BCUT2D eigenvalue weighted by atomic mass is 127. The number of hydrogen-bond donors (Lipinski definition) is 0. The average molecular weight is 316 g/mol. The molecular formula is C10H9IN2S. The van der Waals surface area contributed by atoms with Gasteiger partial charge in [-0.15, -0.1) is 10.2 Å². The summed E-state index contributed by atoms with van der Waals surface area (Å²) in [4.78, 5) is 0. The molecular weight excluding hydrogens is 307 g/mol. The van der Waals surface area contributed by atoms with E-state index in [1.54, 1.807) is 11.3 Å². The van der Waals surface area contributed by atoms with Crippen molar-refractivity contribution in [2.75, 3.05) is 0 Å². The summed E-state index contributed by atoms with van der Waals surface area (Å²) in [5, 5.41) is 9.18. The van der Waals surface area contributed by atoms with Crippen molar-refractivity contribution in [2.24, 2.45) is 0 Å². The van der Waals surface area contributed by atoms with Gasteiger partial charge < -0.3 is 0 Å². The molecule has 72 valence electrons. The predicted octanol–water partition coefficient (Wildman–Crippen LogP) is 3.43. The largest absolute Gasteiger partial charge is 0.178 e. The maximum atomic E-state index is 4.15. The van der Waals surface area contributed by atoms with Crippen molar-refractivity contribution in [3.8, 4) is 10.6 Å². The average Bonchev–Trinajstić information content (AvgIpc) is 2.56. The van der Waals surface area contributed by atoms with Crippen molar-refractivity contribution in [3.63, 3.8) is 0 Å². The molecule has 0 saturated heterocycles. The number of nitrogens with zero attached hydrogens (tertiary/aromatic N) is 2. The molecule has 0 amide bonds. The summed E-state index contributed by atoms with van der Waals surface area (Å²) < 4.78 is 0.985. The van der Waals surface area contributed by atoms with Crippen molar-refractivity contribution in [2.45, 2.75) is 13.8 Å². The lowest BCUT2D eigenvalue weighted by atomic mass is 10.1. The Morgan fingerprint density at radius 3 is 2.64 bits per heavy atom. The van der Waals surface area contributed by atoms with Gasteiger partial charge >= 0.3 is 0 Å². The number of aromatic nitrogens is 2. The summed E-state index contributed by atoms with van der Waals surface area (Å²) >= 11 is 3.82. The molecule has 1 heterocycles. The summed E-state index contributed by atoms with van der Waals surface area (Å²) in [5.74, 6) is 0. The van der Waals surface area contributed by atoms with Gasteiger partial charge in [0.25, 0.3) is 0 Å². The first kappa shape index (κ1) is 10.0. The molecule has 0 spiro atoms. The second kappa shape index (κ2) is 3.94. The fraction of sp³-hybridized carbons (Fsp3) is 0.200. The molecule has 2 aromatic rings. The number of benzene rings is 1. The second-order valence-corrected chi connectivity index (χ2v) is 5.91. The van der Waals surface area contributed by atoms with Crippen molar-refractivity contribution in [3.05, 3.63) is 32.3 Å². The van der Waals surface area contributed by atoms with Crippen LogP contribution in [0, 0.1) is 16.9 Å². The maximum absolute atomic E-state index is 4.15. The Bertz CT molecular complexity index is 465. The zero-order valence-corrected chi connectivity index (χ0v) is 10.9.